The largest absolute Gasteiger partial charge is 0.491 e. The van der Waals surface area contributed by atoms with Crippen LogP contribution >= 0.6 is 0 Å². The van der Waals surface area contributed by atoms with Crippen LogP contribution in [0.3, 0.4) is 0 Å². The van der Waals surface area contributed by atoms with E-state index in [1.54, 1.807) is 31.4 Å². The topological polar surface area (TPSA) is 67.8 Å². The number of carbonyl (C=O) groups is 1. The van der Waals surface area contributed by atoms with E-state index in [2.05, 4.69) is 5.32 Å². The third-order valence-corrected chi connectivity index (χ3v) is 2.84. The lowest BCUT2D eigenvalue weighted by molar-refractivity contribution is 0.0899. The maximum absolute atomic E-state index is 12.1. The van der Waals surface area contributed by atoms with Gasteiger partial charge in [-0.25, -0.2) is 0 Å². The van der Waals surface area contributed by atoms with Crippen molar-refractivity contribution in [3.63, 3.8) is 0 Å². The highest BCUT2D eigenvalue weighted by Crippen LogP contribution is 2.15. The first kappa shape index (κ1) is 16.5. The molecule has 0 radical (unpaired) electrons. The molecule has 0 saturated heterocycles. The molecular weight excluding hydrogens is 258 g/mol. The van der Waals surface area contributed by atoms with Gasteiger partial charge in [0.15, 0.2) is 0 Å². The number of aliphatic hydroxyl groups is 1. The van der Waals surface area contributed by atoms with Crippen LogP contribution < -0.4 is 10.1 Å². The fraction of sp³-hybridized carbons (Fsp3) is 0.533. The van der Waals surface area contributed by atoms with E-state index in [1.165, 1.54) is 0 Å². The first-order chi connectivity index (χ1) is 9.48. The normalized spacial score (nSPS) is 11.2. The smallest absolute Gasteiger partial charge is 0.251 e. The Hall–Kier alpha value is -1.59. The van der Waals surface area contributed by atoms with E-state index in [0.29, 0.717) is 30.9 Å². The van der Waals surface area contributed by atoms with Gasteiger partial charge in [-0.05, 0) is 38.5 Å². The molecule has 0 spiro atoms. The van der Waals surface area contributed by atoms with E-state index < -0.39 is 5.54 Å². The summed E-state index contributed by atoms with van der Waals surface area (Å²) in [6.45, 7) is 4.73. The van der Waals surface area contributed by atoms with Crippen molar-refractivity contribution in [1.29, 1.82) is 0 Å². The number of nitrogens with one attached hydrogen (secondary N) is 1. The van der Waals surface area contributed by atoms with E-state index in [0.717, 1.165) is 0 Å². The number of methoxy groups -OCH3 is 1. The van der Waals surface area contributed by atoms with Crippen molar-refractivity contribution in [3.8, 4) is 5.75 Å². The third-order valence-electron chi connectivity index (χ3n) is 2.84. The molecule has 0 aliphatic carbocycles. The second kappa shape index (κ2) is 7.87. The number of carbonyl (C=O) groups excluding carboxylic acids is 1. The molecule has 2 N–H and O–H groups in total. The lowest BCUT2D eigenvalue weighted by Gasteiger charge is -2.25. The van der Waals surface area contributed by atoms with Crippen molar-refractivity contribution in [2.75, 3.05) is 26.9 Å². The first-order valence-corrected chi connectivity index (χ1v) is 6.63. The molecule has 0 atom stereocenters. The number of amides is 1. The molecule has 1 amide bonds. The van der Waals surface area contributed by atoms with Gasteiger partial charge in [0.25, 0.3) is 5.91 Å². The Kier molecular flexibility index (Phi) is 6.48. The third kappa shape index (κ3) is 5.59. The maximum atomic E-state index is 12.1. The molecule has 0 saturated carbocycles. The fourth-order valence-corrected chi connectivity index (χ4v) is 1.69. The van der Waals surface area contributed by atoms with Crippen LogP contribution in [0.2, 0.25) is 0 Å². The summed E-state index contributed by atoms with van der Waals surface area (Å²) in [7, 11) is 1.61. The van der Waals surface area contributed by atoms with Gasteiger partial charge in [0.05, 0.1) is 6.61 Å². The fourth-order valence-electron chi connectivity index (χ4n) is 1.69. The number of hydrogen-bond acceptors (Lipinski definition) is 4. The van der Waals surface area contributed by atoms with Gasteiger partial charge in [-0.15, -0.1) is 0 Å². The Morgan fingerprint density at radius 1 is 1.35 bits per heavy atom. The molecule has 0 heterocycles. The molecule has 5 nitrogen and oxygen atoms in total. The Labute approximate surface area is 119 Å². The molecule has 0 unspecified atom stereocenters. The molecular formula is C15H23NO4. The highest BCUT2D eigenvalue weighted by atomic mass is 16.5. The molecule has 20 heavy (non-hydrogen) atoms. The summed E-state index contributed by atoms with van der Waals surface area (Å²) in [6, 6.07) is 6.99. The summed E-state index contributed by atoms with van der Waals surface area (Å²) in [4.78, 5) is 12.1. The van der Waals surface area contributed by atoms with Crippen LogP contribution in [0.15, 0.2) is 24.3 Å². The van der Waals surface area contributed by atoms with E-state index in [1.807, 2.05) is 13.8 Å². The lowest BCUT2D eigenvalue weighted by atomic mass is 10.0. The highest BCUT2D eigenvalue weighted by Gasteiger charge is 2.20. The molecule has 0 aliphatic heterocycles. The average molecular weight is 281 g/mol. The summed E-state index contributed by atoms with van der Waals surface area (Å²) < 4.78 is 10.4. The standard InChI is InChI=1S/C15H23NO4/c1-15(2,7-8-17)16-14(18)12-5-4-6-13(11-12)20-10-9-19-3/h4-6,11,17H,7-10H2,1-3H3,(H,16,18). The zero-order chi connectivity index (χ0) is 15.0. The van der Waals surface area contributed by atoms with E-state index in [-0.39, 0.29) is 12.5 Å². The van der Waals surface area contributed by atoms with Gasteiger partial charge in [0, 0.05) is 24.8 Å². The minimum Gasteiger partial charge on any atom is -0.491 e. The predicted octanol–water partition coefficient (Wildman–Crippen LogP) is 1.60. The van der Waals surface area contributed by atoms with Gasteiger partial charge >= 0.3 is 0 Å². The average Bonchev–Trinajstić information content (AvgIpc) is 2.38. The number of hydrogen-bond donors (Lipinski definition) is 2. The van der Waals surface area contributed by atoms with Crippen LogP contribution in [0.5, 0.6) is 5.75 Å². The van der Waals surface area contributed by atoms with Crippen LogP contribution in [-0.2, 0) is 4.74 Å². The van der Waals surface area contributed by atoms with Gasteiger partial charge in [0.2, 0.25) is 0 Å². The van der Waals surface area contributed by atoms with E-state index >= 15 is 0 Å². The Morgan fingerprint density at radius 2 is 2.10 bits per heavy atom. The zero-order valence-corrected chi connectivity index (χ0v) is 12.3. The quantitative estimate of drug-likeness (QED) is 0.710. The summed E-state index contributed by atoms with van der Waals surface area (Å²) in [5.74, 6) is 0.454. The van der Waals surface area contributed by atoms with Crippen molar-refractivity contribution < 1.29 is 19.4 Å². The summed E-state index contributed by atoms with van der Waals surface area (Å²) in [6.07, 6.45) is 0.503. The summed E-state index contributed by atoms with van der Waals surface area (Å²) >= 11 is 0. The Bertz CT molecular complexity index is 432. The van der Waals surface area contributed by atoms with Crippen LogP contribution in [0.25, 0.3) is 0 Å². The van der Waals surface area contributed by atoms with Gasteiger partial charge in [-0.1, -0.05) is 6.07 Å². The van der Waals surface area contributed by atoms with Crippen molar-refractivity contribution in [1.82, 2.24) is 5.32 Å². The van der Waals surface area contributed by atoms with Crippen LogP contribution in [0.1, 0.15) is 30.6 Å². The molecule has 1 rings (SSSR count). The number of rotatable bonds is 8. The predicted molar refractivity (Wildman–Crippen MR) is 77.1 cm³/mol. The van der Waals surface area contributed by atoms with E-state index in [4.69, 9.17) is 14.6 Å². The number of benzene rings is 1. The number of ether oxygens (including phenoxy) is 2. The van der Waals surface area contributed by atoms with E-state index in [9.17, 15) is 4.79 Å². The molecule has 112 valence electrons. The molecule has 1 aromatic rings. The molecule has 0 aliphatic rings. The minimum atomic E-state index is -0.446. The molecule has 0 aromatic heterocycles. The van der Waals surface area contributed by atoms with Gasteiger partial charge in [-0.3, -0.25) is 4.79 Å². The minimum absolute atomic E-state index is 0.0352. The molecule has 0 fully saturated rings. The van der Waals surface area contributed by atoms with Gasteiger partial charge in [0.1, 0.15) is 12.4 Å². The molecule has 5 heteroatoms. The van der Waals surface area contributed by atoms with Crippen LogP contribution in [0.4, 0.5) is 0 Å². The Balaban J connectivity index is 2.66. The van der Waals surface area contributed by atoms with Crippen molar-refractivity contribution in [2.45, 2.75) is 25.8 Å². The molecule has 0 bridgehead atoms. The van der Waals surface area contributed by atoms with Crippen LogP contribution in [0, 0.1) is 0 Å². The Morgan fingerprint density at radius 3 is 2.75 bits per heavy atom. The SMILES string of the molecule is COCCOc1cccc(C(=O)NC(C)(C)CCO)c1. The molecule has 1 aromatic carbocycles. The van der Waals surface area contributed by atoms with Crippen molar-refractivity contribution in [3.05, 3.63) is 29.8 Å². The van der Waals surface area contributed by atoms with Crippen molar-refractivity contribution in [2.24, 2.45) is 0 Å². The first-order valence-electron chi connectivity index (χ1n) is 6.63. The number of aliphatic hydroxyl groups excluding tert-OH is 1. The summed E-state index contributed by atoms with van der Waals surface area (Å²) in [5, 5.41) is 11.9. The second-order valence-electron chi connectivity index (χ2n) is 5.18. The maximum Gasteiger partial charge on any atom is 0.251 e. The summed E-state index contributed by atoms with van der Waals surface area (Å²) in [5.41, 5.74) is 0.0876. The van der Waals surface area contributed by atoms with Crippen molar-refractivity contribution >= 4 is 5.91 Å². The lowest BCUT2D eigenvalue weighted by Crippen LogP contribution is -2.44. The zero-order valence-electron chi connectivity index (χ0n) is 12.3. The van der Waals surface area contributed by atoms with Crippen LogP contribution in [-0.4, -0.2) is 43.5 Å². The monoisotopic (exact) mass is 281 g/mol. The van der Waals surface area contributed by atoms with Gasteiger partial charge < -0.3 is 19.9 Å². The van der Waals surface area contributed by atoms with Gasteiger partial charge in [-0.2, -0.15) is 0 Å². The highest BCUT2D eigenvalue weighted by molar-refractivity contribution is 5.95. The second-order valence-corrected chi connectivity index (χ2v) is 5.18.